The summed E-state index contributed by atoms with van der Waals surface area (Å²) in [6.45, 7) is -0.685. The number of para-hydroxylation sites is 1. The second kappa shape index (κ2) is 8.05. The van der Waals surface area contributed by atoms with Crippen LogP contribution in [0.3, 0.4) is 0 Å². The second-order valence-electron chi connectivity index (χ2n) is 4.88. The summed E-state index contributed by atoms with van der Waals surface area (Å²) in [6.07, 6.45) is -4.08. The summed E-state index contributed by atoms with van der Waals surface area (Å²) in [5, 5.41) is 1.77. The molecule has 26 heavy (non-hydrogen) atoms. The standard InChI is InChI=1S/C16H12ClF3N2O4/c1-25-12-5-3-2-4-10(12)15(24)26-8-13(23)22-14-11(17)6-9(7-21-14)16(18,19)20/h2-7H,8H2,1H3,(H,21,22,23). The number of amides is 1. The topological polar surface area (TPSA) is 77.5 Å². The predicted octanol–water partition coefficient (Wildman–Crippen LogP) is 3.56. The maximum atomic E-state index is 12.5. The molecule has 1 aromatic heterocycles. The number of rotatable bonds is 5. The molecule has 6 nitrogen and oxygen atoms in total. The number of nitrogens with zero attached hydrogens (tertiary/aromatic N) is 1. The first-order valence-electron chi connectivity index (χ1n) is 7.05. The second-order valence-corrected chi connectivity index (χ2v) is 5.28. The summed E-state index contributed by atoms with van der Waals surface area (Å²) < 4.78 is 47.5. The number of halogens is 4. The molecular formula is C16H12ClF3N2O4. The number of aromatic nitrogens is 1. The van der Waals surface area contributed by atoms with Crippen molar-refractivity contribution in [2.75, 3.05) is 19.0 Å². The van der Waals surface area contributed by atoms with E-state index in [9.17, 15) is 22.8 Å². The maximum Gasteiger partial charge on any atom is 0.417 e. The lowest BCUT2D eigenvalue weighted by molar-refractivity contribution is -0.137. The molecule has 0 saturated carbocycles. The van der Waals surface area contributed by atoms with E-state index in [1.807, 2.05) is 0 Å². The molecule has 1 heterocycles. The molecule has 0 atom stereocenters. The van der Waals surface area contributed by atoms with Gasteiger partial charge in [0, 0.05) is 6.20 Å². The molecule has 0 aliphatic heterocycles. The van der Waals surface area contributed by atoms with Gasteiger partial charge in [0.05, 0.1) is 17.7 Å². The van der Waals surface area contributed by atoms with Crippen molar-refractivity contribution in [3.05, 3.63) is 52.7 Å². The van der Waals surface area contributed by atoms with E-state index in [1.165, 1.54) is 13.2 Å². The third-order valence-corrected chi connectivity index (χ3v) is 3.38. The van der Waals surface area contributed by atoms with Gasteiger partial charge < -0.3 is 14.8 Å². The third-order valence-electron chi connectivity index (χ3n) is 3.09. The highest BCUT2D eigenvalue weighted by Gasteiger charge is 2.31. The van der Waals surface area contributed by atoms with E-state index in [1.54, 1.807) is 18.2 Å². The van der Waals surface area contributed by atoms with Crippen LogP contribution in [0.25, 0.3) is 0 Å². The summed E-state index contributed by atoms with van der Waals surface area (Å²) in [7, 11) is 1.37. The molecule has 0 aliphatic rings. The lowest BCUT2D eigenvalue weighted by atomic mass is 10.2. The van der Waals surface area contributed by atoms with Crippen LogP contribution < -0.4 is 10.1 Å². The van der Waals surface area contributed by atoms with Crippen molar-refractivity contribution < 1.29 is 32.2 Å². The van der Waals surface area contributed by atoms with E-state index in [0.717, 1.165) is 0 Å². The van der Waals surface area contributed by atoms with Crippen LogP contribution in [0.15, 0.2) is 36.5 Å². The molecular weight excluding hydrogens is 377 g/mol. The third kappa shape index (κ3) is 4.85. The van der Waals surface area contributed by atoms with Gasteiger partial charge in [-0.25, -0.2) is 9.78 Å². The molecule has 2 aromatic rings. The molecule has 0 unspecified atom stereocenters. The average molecular weight is 389 g/mol. The van der Waals surface area contributed by atoms with Crippen LogP contribution in [-0.2, 0) is 15.7 Å². The van der Waals surface area contributed by atoms with Gasteiger partial charge in [0.25, 0.3) is 5.91 Å². The molecule has 2 rings (SSSR count). The summed E-state index contributed by atoms with van der Waals surface area (Å²) in [5.41, 5.74) is -0.934. The first kappa shape index (κ1) is 19.5. The molecule has 0 radical (unpaired) electrons. The van der Waals surface area contributed by atoms with Gasteiger partial charge in [-0.3, -0.25) is 4.79 Å². The zero-order valence-corrected chi connectivity index (χ0v) is 14.0. The van der Waals surface area contributed by atoms with Gasteiger partial charge in [-0.1, -0.05) is 23.7 Å². The first-order chi connectivity index (χ1) is 12.2. The number of benzene rings is 1. The number of esters is 1. The number of carbonyl (C=O) groups excluding carboxylic acids is 2. The lowest BCUT2D eigenvalue weighted by Crippen LogP contribution is -2.22. The van der Waals surface area contributed by atoms with Gasteiger partial charge in [-0.15, -0.1) is 0 Å². The summed E-state index contributed by atoms with van der Waals surface area (Å²) in [5.74, 6) is -1.63. The number of nitrogens with one attached hydrogen (secondary N) is 1. The highest BCUT2D eigenvalue weighted by Crippen LogP contribution is 2.32. The zero-order valence-electron chi connectivity index (χ0n) is 13.3. The average Bonchev–Trinajstić information content (AvgIpc) is 2.60. The fourth-order valence-electron chi connectivity index (χ4n) is 1.88. The Morgan fingerprint density at radius 1 is 1.27 bits per heavy atom. The van der Waals surface area contributed by atoms with Crippen molar-refractivity contribution in [2.45, 2.75) is 6.18 Å². The minimum absolute atomic E-state index is 0.119. The number of alkyl halides is 3. The van der Waals surface area contributed by atoms with E-state index in [0.29, 0.717) is 12.3 Å². The fraction of sp³-hybridized carbons (Fsp3) is 0.188. The van der Waals surface area contributed by atoms with Gasteiger partial charge in [-0.2, -0.15) is 13.2 Å². The molecule has 10 heteroatoms. The molecule has 0 saturated heterocycles. The molecule has 138 valence electrons. The SMILES string of the molecule is COc1ccccc1C(=O)OCC(=O)Nc1ncc(C(F)(F)F)cc1Cl. The highest BCUT2D eigenvalue weighted by atomic mass is 35.5. The molecule has 1 aromatic carbocycles. The van der Waals surface area contributed by atoms with Crippen LogP contribution >= 0.6 is 11.6 Å². The van der Waals surface area contributed by atoms with Crippen molar-refractivity contribution in [1.82, 2.24) is 4.98 Å². The minimum atomic E-state index is -4.61. The Balaban J connectivity index is 1.98. The van der Waals surface area contributed by atoms with Crippen molar-refractivity contribution in [1.29, 1.82) is 0 Å². The smallest absolute Gasteiger partial charge is 0.417 e. The van der Waals surface area contributed by atoms with E-state index in [4.69, 9.17) is 21.1 Å². The van der Waals surface area contributed by atoms with E-state index < -0.39 is 35.2 Å². The van der Waals surface area contributed by atoms with Gasteiger partial charge in [-0.05, 0) is 18.2 Å². The number of hydrogen-bond donors (Lipinski definition) is 1. The van der Waals surface area contributed by atoms with E-state index in [-0.39, 0.29) is 17.1 Å². The minimum Gasteiger partial charge on any atom is -0.496 e. The van der Waals surface area contributed by atoms with Crippen LogP contribution in [0.1, 0.15) is 15.9 Å². The first-order valence-corrected chi connectivity index (χ1v) is 7.43. The molecule has 1 N–H and O–H groups in total. The fourth-order valence-corrected chi connectivity index (χ4v) is 2.09. The molecule has 0 bridgehead atoms. The summed E-state index contributed by atoms with van der Waals surface area (Å²) in [6, 6.07) is 6.87. The van der Waals surface area contributed by atoms with Crippen molar-refractivity contribution in [3.8, 4) is 5.75 Å². The van der Waals surface area contributed by atoms with Gasteiger partial charge >= 0.3 is 12.1 Å². The lowest BCUT2D eigenvalue weighted by Gasteiger charge is -2.11. The number of hydrogen-bond acceptors (Lipinski definition) is 5. The van der Waals surface area contributed by atoms with Gasteiger partial charge in [0.1, 0.15) is 11.3 Å². The molecule has 0 fully saturated rings. The number of anilines is 1. The Kier molecular flexibility index (Phi) is 6.04. The Morgan fingerprint density at radius 2 is 1.96 bits per heavy atom. The highest BCUT2D eigenvalue weighted by molar-refractivity contribution is 6.33. The Morgan fingerprint density at radius 3 is 2.58 bits per heavy atom. The molecule has 0 aliphatic carbocycles. The molecule has 0 spiro atoms. The van der Waals surface area contributed by atoms with Crippen LogP contribution in [0.4, 0.5) is 19.0 Å². The number of carbonyl (C=O) groups is 2. The monoisotopic (exact) mass is 388 g/mol. The van der Waals surface area contributed by atoms with Crippen LogP contribution in [0.2, 0.25) is 5.02 Å². The van der Waals surface area contributed by atoms with Crippen LogP contribution in [0.5, 0.6) is 5.75 Å². The Bertz CT molecular complexity index is 827. The van der Waals surface area contributed by atoms with Crippen molar-refractivity contribution in [3.63, 3.8) is 0 Å². The quantitative estimate of drug-likeness (QED) is 0.792. The van der Waals surface area contributed by atoms with Crippen LogP contribution in [-0.4, -0.2) is 30.6 Å². The van der Waals surface area contributed by atoms with Crippen molar-refractivity contribution >= 4 is 29.3 Å². The van der Waals surface area contributed by atoms with E-state index in [2.05, 4.69) is 10.3 Å². The predicted molar refractivity (Wildman–Crippen MR) is 86.2 cm³/mol. The van der Waals surface area contributed by atoms with E-state index >= 15 is 0 Å². The Hall–Kier alpha value is -2.81. The number of methoxy groups -OCH3 is 1. The Labute approximate surface area is 150 Å². The summed E-state index contributed by atoms with van der Waals surface area (Å²) >= 11 is 5.68. The normalized spacial score (nSPS) is 11.0. The maximum absolute atomic E-state index is 12.5. The van der Waals surface area contributed by atoms with Crippen LogP contribution in [0, 0.1) is 0 Å². The summed E-state index contributed by atoms with van der Waals surface area (Å²) in [4.78, 5) is 27.2. The van der Waals surface area contributed by atoms with Gasteiger partial charge in [0.15, 0.2) is 12.4 Å². The largest absolute Gasteiger partial charge is 0.496 e. The number of pyridine rings is 1. The van der Waals surface area contributed by atoms with Gasteiger partial charge in [0.2, 0.25) is 0 Å². The zero-order chi connectivity index (χ0) is 19.3. The number of ether oxygens (including phenoxy) is 2. The van der Waals surface area contributed by atoms with Crippen molar-refractivity contribution in [2.24, 2.45) is 0 Å². The molecule has 1 amide bonds.